The lowest BCUT2D eigenvalue weighted by Crippen LogP contribution is -2.22. The van der Waals surface area contributed by atoms with Gasteiger partial charge >= 0.3 is 5.97 Å². The average molecular weight is 268 g/mol. The van der Waals surface area contributed by atoms with Gasteiger partial charge in [0, 0.05) is 11.7 Å². The summed E-state index contributed by atoms with van der Waals surface area (Å²) >= 11 is 0. The van der Waals surface area contributed by atoms with E-state index in [2.05, 4.69) is 5.32 Å². The lowest BCUT2D eigenvalue weighted by Gasteiger charge is -2.18. The Bertz CT molecular complexity index is 499. The van der Waals surface area contributed by atoms with Crippen molar-refractivity contribution in [3.8, 4) is 0 Å². The minimum Gasteiger partial charge on any atom is -0.478 e. The van der Waals surface area contributed by atoms with Gasteiger partial charge in [0.05, 0.1) is 11.1 Å². The van der Waals surface area contributed by atoms with Crippen molar-refractivity contribution < 1.29 is 19.1 Å². The molecular formula is C13H17FN2O3. The van der Waals surface area contributed by atoms with Gasteiger partial charge < -0.3 is 16.2 Å². The molecule has 0 aliphatic heterocycles. The summed E-state index contributed by atoms with van der Waals surface area (Å²) in [7, 11) is 0. The van der Waals surface area contributed by atoms with Crippen LogP contribution in [0.25, 0.3) is 0 Å². The Hall–Kier alpha value is -2.11. The minimum atomic E-state index is -1.39. The van der Waals surface area contributed by atoms with Crippen molar-refractivity contribution in [1.82, 2.24) is 0 Å². The van der Waals surface area contributed by atoms with Crippen molar-refractivity contribution in [3.63, 3.8) is 0 Å². The predicted octanol–water partition coefficient (Wildman–Crippen LogP) is 2.22. The first-order chi connectivity index (χ1) is 8.90. The number of anilines is 1. The number of carbonyl (C=O) groups excluding carboxylic acids is 1. The molecule has 104 valence electrons. The smallest absolute Gasteiger partial charge is 0.338 e. The van der Waals surface area contributed by atoms with Gasteiger partial charge in [-0.15, -0.1) is 0 Å². The molecule has 0 bridgehead atoms. The third kappa shape index (κ3) is 3.43. The second-order valence-electron chi connectivity index (χ2n) is 4.20. The molecule has 0 atom stereocenters. The SMILES string of the molecule is CCC(CC)Nc1cc(C(=O)O)c(F)cc1C(N)=O. The van der Waals surface area contributed by atoms with E-state index >= 15 is 0 Å². The molecule has 1 rings (SSSR count). The van der Waals surface area contributed by atoms with Crippen LogP contribution in [-0.2, 0) is 0 Å². The molecule has 1 aromatic rings. The summed E-state index contributed by atoms with van der Waals surface area (Å²) in [6.45, 7) is 3.90. The number of primary amides is 1. The Kier molecular flexibility index (Phi) is 4.86. The van der Waals surface area contributed by atoms with Crippen LogP contribution in [0.15, 0.2) is 12.1 Å². The molecule has 0 radical (unpaired) electrons. The summed E-state index contributed by atoms with van der Waals surface area (Å²) in [5, 5.41) is 11.9. The zero-order valence-corrected chi connectivity index (χ0v) is 10.9. The van der Waals surface area contributed by atoms with Gasteiger partial charge in [0.25, 0.3) is 5.91 Å². The summed E-state index contributed by atoms with van der Waals surface area (Å²) in [4.78, 5) is 22.2. The molecule has 0 heterocycles. The number of halogens is 1. The summed E-state index contributed by atoms with van der Waals surface area (Å²) in [6, 6.07) is 2.03. The zero-order chi connectivity index (χ0) is 14.6. The van der Waals surface area contributed by atoms with E-state index in [9.17, 15) is 14.0 Å². The van der Waals surface area contributed by atoms with E-state index in [1.54, 1.807) is 0 Å². The van der Waals surface area contributed by atoms with Crippen LogP contribution in [0.1, 0.15) is 47.4 Å². The lowest BCUT2D eigenvalue weighted by molar-refractivity contribution is 0.0691. The van der Waals surface area contributed by atoms with Gasteiger partial charge in [0.2, 0.25) is 0 Å². The minimum absolute atomic E-state index is 0.0469. The number of benzene rings is 1. The van der Waals surface area contributed by atoms with Gasteiger partial charge in [-0.05, 0) is 25.0 Å². The summed E-state index contributed by atoms with van der Waals surface area (Å²) in [5.41, 5.74) is 4.89. The molecule has 4 N–H and O–H groups in total. The monoisotopic (exact) mass is 268 g/mol. The number of hydrogen-bond donors (Lipinski definition) is 3. The largest absolute Gasteiger partial charge is 0.478 e. The first-order valence-corrected chi connectivity index (χ1v) is 6.03. The van der Waals surface area contributed by atoms with Crippen molar-refractivity contribution in [2.75, 3.05) is 5.32 Å². The van der Waals surface area contributed by atoms with Crippen LogP contribution in [0.5, 0.6) is 0 Å². The lowest BCUT2D eigenvalue weighted by atomic mass is 10.1. The molecule has 0 aliphatic carbocycles. The van der Waals surface area contributed by atoms with Crippen molar-refractivity contribution in [2.45, 2.75) is 32.7 Å². The number of aromatic carboxylic acids is 1. The molecular weight excluding hydrogens is 251 g/mol. The Balaban J connectivity index is 3.29. The molecule has 0 fully saturated rings. The number of hydrogen-bond acceptors (Lipinski definition) is 3. The molecule has 0 aromatic heterocycles. The number of carbonyl (C=O) groups is 2. The highest BCUT2D eigenvalue weighted by Gasteiger charge is 2.19. The van der Waals surface area contributed by atoms with E-state index in [4.69, 9.17) is 10.8 Å². The Morgan fingerprint density at radius 2 is 1.89 bits per heavy atom. The molecule has 19 heavy (non-hydrogen) atoms. The van der Waals surface area contributed by atoms with Crippen LogP contribution in [0, 0.1) is 5.82 Å². The molecule has 5 nitrogen and oxygen atoms in total. The molecule has 6 heteroatoms. The van der Waals surface area contributed by atoms with Gasteiger partial charge in [-0.3, -0.25) is 4.79 Å². The fourth-order valence-electron chi connectivity index (χ4n) is 1.77. The highest BCUT2D eigenvalue weighted by atomic mass is 19.1. The third-order valence-corrected chi connectivity index (χ3v) is 2.95. The van der Waals surface area contributed by atoms with Crippen LogP contribution in [0.3, 0.4) is 0 Å². The fourth-order valence-corrected chi connectivity index (χ4v) is 1.77. The molecule has 0 spiro atoms. The highest BCUT2D eigenvalue weighted by molar-refractivity contribution is 6.00. The van der Waals surface area contributed by atoms with E-state index in [0.717, 1.165) is 25.0 Å². The second kappa shape index (κ2) is 6.17. The predicted molar refractivity (Wildman–Crippen MR) is 69.9 cm³/mol. The maximum atomic E-state index is 13.5. The standard InChI is InChI=1S/C13H17FN2O3/c1-3-7(4-2)16-11-6-8(13(18)19)10(14)5-9(11)12(15)17/h5-7,16H,3-4H2,1-2H3,(H2,15,17)(H,18,19). The highest BCUT2D eigenvalue weighted by Crippen LogP contribution is 2.22. The van der Waals surface area contributed by atoms with Crippen LogP contribution in [0.2, 0.25) is 0 Å². The van der Waals surface area contributed by atoms with E-state index in [0.29, 0.717) is 0 Å². The topological polar surface area (TPSA) is 92.4 Å². The second-order valence-corrected chi connectivity index (χ2v) is 4.20. The van der Waals surface area contributed by atoms with Gasteiger partial charge in [0.1, 0.15) is 5.82 Å². The Labute approximate surface area is 110 Å². The van der Waals surface area contributed by atoms with Crippen LogP contribution >= 0.6 is 0 Å². The first kappa shape index (κ1) is 14.9. The summed E-state index contributed by atoms with van der Waals surface area (Å²) in [5.74, 6) is -3.16. The third-order valence-electron chi connectivity index (χ3n) is 2.95. The number of carboxylic acids is 1. The van der Waals surface area contributed by atoms with E-state index < -0.39 is 23.3 Å². The van der Waals surface area contributed by atoms with Gasteiger partial charge in [-0.25, -0.2) is 9.18 Å². The maximum absolute atomic E-state index is 13.5. The average Bonchev–Trinajstić information content (AvgIpc) is 2.36. The molecule has 0 unspecified atom stereocenters. The number of carboxylic acid groups (broad SMARTS) is 1. The van der Waals surface area contributed by atoms with Crippen molar-refractivity contribution >= 4 is 17.6 Å². The normalized spacial score (nSPS) is 10.5. The van der Waals surface area contributed by atoms with Crippen molar-refractivity contribution in [1.29, 1.82) is 0 Å². The van der Waals surface area contributed by atoms with Crippen LogP contribution < -0.4 is 11.1 Å². The molecule has 0 saturated heterocycles. The first-order valence-electron chi connectivity index (χ1n) is 6.03. The maximum Gasteiger partial charge on any atom is 0.338 e. The number of nitrogens with two attached hydrogens (primary N) is 1. The van der Waals surface area contributed by atoms with E-state index in [1.807, 2.05) is 13.8 Å². The molecule has 0 saturated carbocycles. The molecule has 1 aromatic carbocycles. The van der Waals surface area contributed by atoms with Crippen molar-refractivity contribution in [2.24, 2.45) is 5.73 Å². The van der Waals surface area contributed by atoms with Gasteiger partial charge in [0.15, 0.2) is 0 Å². The Morgan fingerprint density at radius 1 is 1.32 bits per heavy atom. The van der Waals surface area contributed by atoms with E-state index in [1.165, 1.54) is 0 Å². The number of rotatable bonds is 6. The zero-order valence-electron chi connectivity index (χ0n) is 10.9. The number of nitrogens with one attached hydrogen (secondary N) is 1. The van der Waals surface area contributed by atoms with Gasteiger partial charge in [-0.1, -0.05) is 13.8 Å². The quantitative estimate of drug-likeness (QED) is 0.737. The van der Waals surface area contributed by atoms with Gasteiger partial charge in [-0.2, -0.15) is 0 Å². The Morgan fingerprint density at radius 3 is 2.32 bits per heavy atom. The molecule has 1 amide bonds. The number of amides is 1. The van der Waals surface area contributed by atoms with Crippen LogP contribution in [-0.4, -0.2) is 23.0 Å². The van der Waals surface area contributed by atoms with Crippen molar-refractivity contribution in [3.05, 3.63) is 29.1 Å². The molecule has 0 aliphatic rings. The summed E-state index contributed by atoms with van der Waals surface area (Å²) < 4.78 is 13.5. The summed E-state index contributed by atoms with van der Waals surface area (Å²) in [6.07, 6.45) is 1.57. The van der Waals surface area contributed by atoms with E-state index in [-0.39, 0.29) is 17.3 Å². The van der Waals surface area contributed by atoms with Crippen LogP contribution in [0.4, 0.5) is 10.1 Å². The fraction of sp³-hybridized carbons (Fsp3) is 0.385.